The zero-order chi connectivity index (χ0) is 21.4. The molecule has 0 saturated heterocycles. The first-order valence-corrected chi connectivity index (χ1v) is 10.7. The highest BCUT2D eigenvalue weighted by atomic mass is 79.9. The number of para-hydroxylation sites is 2. The van der Waals surface area contributed by atoms with Gasteiger partial charge in [0, 0.05) is 4.47 Å². The number of nitrogens with one attached hydrogen (secondary N) is 2. The third-order valence-electron chi connectivity index (χ3n) is 3.69. The fraction of sp³-hybridized carbons (Fsp3) is 0.364. The van der Waals surface area contributed by atoms with Gasteiger partial charge >= 0.3 is 0 Å². The second kappa shape index (κ2) is 11.2. The lowest BCUT2D eigenvalue weighted by molar-refractivity contribution is 0.0973. The van der Waals surface area contributed by atoms with Crippen LogP contribution in [0.5, 0.6) is 11.5 Å². The van der Waals surface area contributed by atoms with E-state index >= 15 is 0 Å². The summed E-state index contributed by atoms with van der Waals surface area (Å²) >= 11 is 8.74. The predicted molar refractivity (Wildman–Crippen MR) is 125 cm³/mol. The van der Waals surface area contributed by atoms with E-state index in [1.54, 1.807) is 12.1 Å². The van der Waals surface area contributed by atoms with Crippen molar-refractivity contribution in [3.63, 3.8) is 0 Å². The van der Waals surface area contributed by atoms with Crippen LogP contribution >= 0.6 is 28.1 Å². The van der Waals surface area contributed by atoms with Crippen LogP contribution in [0.2, 0.25) is 0 Å². The maximum Gasteiger partial charge on any atom is 0.261 e. The Hall–Kier alpha value is -2.12. The molecule has 5 nitrogen and oxygen atoms in total. The second-order valence-corrected chi connectivity index (χ2v) is 8.78. The Morgan fingerprint density at radius 3 is 2.28 bits per heavy atom. The number of ether oxygens (including phenoxy) is 2. The van der Waals surface area contributed by atoms with Crippen molar-refractivity contribution >= 4 is 44.9 Å². The van der Waals surface area contributed by atoms with Crippen molar-refractivity contribution in [2.24, 2.45) is 11.8 Å². The van der Waals surface area contributed by atoms with Crippen molar-refractivity contribution in [2.45, 2.75) is 27.7 Å². The maximum atomic E-state index is 12.8. The van der Waals surface area contributed by atoms with Gasteiger partial charge in [-0.3, -0.25) is 10.1 Å². The van der Waals surface area contributed by atoms with E-state index in [2.05, 4.69) is 54.3 Å². The molecule has 0 radical (unpaired) electrons. The Labute approximate surface area is 186 Å². The molecule has 2 aromatic rings. The lowest BCUT2D eigenvalue weighted by Crippen LogP contribution is -2.34. The number of carbonyl (C=O) groups is 1. The molecule has 0 unspecified atom stereocenters. The summed E-state index contributed by atoms with van der Waals surface area (Å²) in [7, 11) is 0. The molecule has 7 heteroatoms. The number of hydrogen-bond acceptors (Lipinski definition) is 4. The van der Waals surface area contributed by atoms with Crippen LogP contribution in [0, 0.1) is 11.8 Å². The molecule has 0 heterocycles. The van der Waals surface area contributed by atoms with Gasteiger partial charge < -0.3 is 14.8 Å². The minimum atomic E-state index is -0.344. The monoisotopic (exact) mass is 478 g/mol. The normalized spacial score (nSPS) is 10.7. The molecule has 29 heavy (non-hydrogen) atoms. The van der Waals surface area contributed by atoms with Crippen LogP contribution in [-0.4, -0.2) is 24.2 Å². The van der Waals surface area contributed by atoms with Crippen molar-refractivity contribution < 1.29 is 14.3 Å². The summed E-state index contributed by atoms with van der Waals surface area (Å²) < 4.78 is 12.4. The molecule has 0 saturated carbocycles. The van der Waals surface area contributed by atoms with Crippen LogP contribution in [0.4, 0.5) is 5.69 Å². The number of anilines is 1. The van der Waals surface area contributed by atoms with Crippen molar-refractivity contribution in [1.82, 2.24) is 5.32 Å². The summed E-state index contributed by atoms with van der Waals surface area (Å²) in [5.41, 5.74) is 1.11. The fourth-order valence-electron chi connectivity index (χ4n) is 2.34. The summed E-state index contributed by atoms with van der Waals surface area (Å²) in [6, 6.07) is 12.8. The van der Waals surface area contributed by atoms with E-state index in [9.17, 15) is 4.79 Å². The molecule has 0 spiro atoms. The van der Waals surface area contributed by atoms with Crippen LogP contribution in [0.1, 0.15) is 38.1 Å². The molecule has 0 aliphatic rings. The van der Waals surface area contributed by atoms with Crippen LogP contribution in [0.15, 0.2) is 46.9 Å². The number of halogens is 1. The predicted octanol–water partition coefficient (Wildman–Crippen LogP) is 5.65. The van der Waals surface area contributed by atoms with Crippen LogP contribution in [-0.2, 0) is 0 Å². The van der Waals surface area contributed by atoms with Gasteiger partial charge in [-0.15, -0.1) is 0 Å². The number of benzene rings is 2. The molecule has 1 amide bonds. The van der Waals surface area contributed by atoms with Crippen molar-refractivity contribution in [3.8, 4) is 11.5 Å². The quantitative estimate of drug-likeness (QED) is 0.480. The molecule has 2 rings (SSSR count). The Morgan fingerprint density at radius 1 is 1.00 bits per heavy atom. The second-order valence-electron chi connectivity index (χ2n) is 7.45. The number of rotatable bonds is 8. The third kappa shape index (κ3) is 7.66. The third-order valence-corrected chi connectivity index (χ3v) is 4.39. The fourth-order valence-corrected chi connectivity index (χ4v) is 2.90. The molecule has 0 aliphatic carbocycles. The van der Waals surface area contributed by atoms with Gasteiger partial charge in [-0.2, -0.15) is 0 Å². The topological polar surface area (TPSA) is 59.6 Å². The average molecular weight is 479 g/mol. The zero-order valence-electron chi connectivity index (χ0n) is 17.1. The van der Waals surface area contributed by atoms with Gasteiger partial charge in [-0.1, -0.05) is 55.8 Å². The molecular formula is C22H27BrN2O3S. The Morgan fingerprint density at radius 2 is 1.62 bits per heavy atom. The highest BCUT2D eigenvalue weighted by Crippen LogP contribution is 2.25. The van der Waals surface area contributed by atoms with Crippen molar-refractivity contribution in [3.05, 3.63) is 52.5 Å². The lowest BCUT2D eigenvalue weighted by Gasteiger charge is -2.16. The summed E-state index contributed by atoms with van der Waals surface area (Å²) in [6.45, 7) is 9.38. The number of carbonyl (C=O) groups excluding carboxylic acids is 1. The SMILES string of the molecule is CC(C)COc1ccccc1NC(=S)NC(=O)c1cc(Br)ccc1OCC(C)C. The Bertz CT molecular complexity index is 856. The number of thiocarbonyl (C=S) groups is 1. The molecule has 156 valence electrons. The van der Waals surface area contributed by atoms with E-state index in [4.69, 9.17) is 21.7 Å². The van der Waals surface area contributed by atoms with Gasteiger partial charge in [-0.05, 0) is 54.4 Å². The Balaban J connectivity index is 2.08. The number of amides is 1. The van der Waals surface area contributed by atoms with Gasteiger partial charge in [0.2, 0.25) is 0 Å². The first kappa shape index (κ1) is 23.2. The molecular weight excluding hydrogens is 452 g/mol. The first-order chi connectivity index (χ1) is 13.8. The molecule has 0 aromatic heterocycles. The smallest absolute Gasteiger partial charge is 0.261 e. The Kier molecular flexibility index (Phi) is 8.92. The maximum absolute atomic E-state index is 12.8. The molecule has 2 N–H and O–H groups in total. The number of hydrogen-bond donors (Lipinski definition) is 2. The van der Waals surface area contributed by atoms with Crippen LogP contribution < -0.4 is 20.1 Å². The van der Waals surface area contributed by atoms with E-state index in [1.807, 2.05) is 30.3 Å². The lowest BCUT2D eigenvalue weighted by atomic mass is 10.2. The van der Waals surface area contributed by atoms with Gasteiger partial charge in [0.25, 0.3) is 5.91 Å². The van der Waals surface area contributed by atoms with Crippen LogP contribution in [0.3, 0.4) is 0 Å². The van der Waals surface area contributed by atoms with Crippen molar-refractivity contribution in [1.29, 1.82) is 0 Å². The zero-order valence-corrected chi connectivity index (χ0v) is 19.5. The average Bonchev–Trinajstić information content (AvgIpc) is 2.66. The van der Waals surface area contributed by atoms with E-state index in [1.165, 1.54) is 0 Å². The summed E-state index contributed by atoms with van der Waals surface area (Å²) in [5, 5.41) is 5.94. The minimum Gasteiger partial charge on any atom is -0.492 e. The summed E-state index contributed by atoms with van der Waals surface area (Å²) in [5.74, 6) is 1.60. The largest absolute Gasteiger partial charge is 0.492 e. The molecule has 0 fully saturated rings. The molecule has 0 atom stereocenters. The van der Waals surface area contributed by atoms with E-state index in [-0.39, 0.29) is 11.0 Å². The molecule has 0 aliphatic heterocycles. The van der Waals surface area contributed by atoms with Gasteiger partial charge in [0.15, 0.2) is 5.11 Å². The van der Waals surface area contributed by atoms with Gasteiger partial charge in [0.05, 0.1) is 24.5 Å². The van der Waals surface area contributed by atoms with E-state index in [0.29, 0.717) is 47.8 Å². The van der Waals surface area contributed by atoms with Gasteiger partial charge in [0.1, 0.15) is 11.5 Å². The summed E-state index contributed by atoms with van der Waals surface area (Å²) in [4.78, 5) is 12.8. The van der Waals surface area contributed by atoms with E-state index < -0.39 is 0 Å². The standard InChI is InChI=1S/C22H27BrN2O3S/c1-14(2)12-27-19-10-9-16(23)11-17(19)21(26)25-22(29)24-18-7-5-6-8-20(18)28-13-15(3)4/h5-11,14-15H,12-13H2,1-4H3,(H2,24,25,26,29). The highest BCUT2D eigenvalue weighted by molar-refractivity contribution is 9.10. The molecule has 2 aromatic carbocycles. The molecule has 0 bridgehead atoms. The first-order valence-electron chi connectivity index (χ1n) is 9.52. The van der Waals surface area contributed by atoms with Crippen molar-refractivity contribution in [2.75, 3.05) is 18.5 Å². The van der Waals surface area contributed by atoms with Crippen LogP contribution in [0.25, 0.3) is 0 Å². The van der Waals surface area contributed by atoms with Gasteiger partial charge in [-0.25, -0.2) is 0 Å². The highest BCUT2D eigenvalue weighted by Gasteiger charge is 2.16. The minimum absolute atomic E-state index is 0.186. The summed E-state index contributed by atoms with van der Waals surface area (Å²) in [6.07, 6.45) is 0. The van der Waals surface area contributed by atoms with E-state index in [0.717, 1.165) is 4.47 Å².